The summed E-state index contributed by atoms with van der Waals surface area (Å²) in [6.45, 7) is 0. The number of rotatable bonds is 1. The van der Waals surface area contributed by atoms with Crippen molar-refractivity contribution in [3.05, 3.63) is 23.8 Å². The first-order valence-corrected chi connectivity index (χ1v) is 2.77. The highest BCUT2D eigenvalue weighted by Gasteiger charge is 1.93. The Kier molecular flexibility index (Phi) is 1.76. The number of benzene rings is 1. The Hall–Kier alpha value is -1.25. The van der Waals surface area contributed by atoms with Gasteiger partial charge in [-0.05, 0) is 12.1 Å². The normalized spacial score (nSPS) is 9.20. The first-order valence-electron chi connectivity index (χ1n) is 2.77. The van der Waals surface area contributed by atoms with Crippen LogP contribution in [0.3, 0.4) is 0 Å². The second kappa shape index (κ2) is 2.56. The minimum Gasteiger partial charge on any atom is -0.508 e. The lowest BCUT2D eigenvalue weighted by Gasteiger charge is -1.95. The lowest BCUT2D eigenvalue weighted by Crippen LogP contribution is -2.01. The van der Waals surface area contributed by atoms with Crippen molar-refractivity contribution in [1.82, 2.24) is 0 Å². The van der Waals surface area contributed by atoms with Crippen molar-refractivity contribution < 1.29 is 9.90 Å². The SMILES string of the molecule is [B]c1cc(O)cc(C=O)c1. The summed E-state index contributed by atoms with van der Waals surface area (Å²) >= 11 is 0. The Bertz CT molecular complexity index is 238. The molecule has 2 nitrogen and oxygen atoms in total. The molecule has 0 saturated carbocycles. The van der Waals surface area contributed by atoms with E-state index in [0.29, 0.717) is 17.3 Å². The van der Waals surface area contributed by atoms with Crippen LogP contribution >= 0.6 is 0 Å². The van der Waals surface area contributed by atoms with Crippen molar-refractivity contribution in [3.8, 4) is 5.75 Å². The van der Waals surface area contributed by atoms with Crippen molar-refractivity contribution in [2.75, 3.05) is 0 Å². The minimum atomic E-state index is 0.0158. The maximum absolute atomic E-state index is 10.1. The third kappa shape index (κ3) is 1.38. The number of phenols is 1. The summed E-state index contributed by atoms with van der Waals surface area (Å²) in [5.41, 5.74) is 0.777. The highest BCUT2D eigenvalue weighted by Crippen LogP contribution is 2.06. The van der Waals surface area contributed by atoms with Crippen LogP contribution in [0.25, 0.3) is 0 Å². The van der Waals surface area contributed by atoms with Gasteiger partial charge in [0.05, 0.1) is 0 Å². The molecule has 0 unspecified atom stereocenters. The van der Waals surface area contributed by atoms with E-state index in [9.17, 15) is 4.79 Å². The fourth-order valence-corrected chi connectivity index (χ4v) is 0.727. The Morgan fingerprint density at radius 3 is 2.60 bits per heavy atom. The standard InChI is InChI=1S/C7H5BO2/c8-6-1-5(4-9)2-7(10)3-6/h1-4,10H. The first-order chi connectivity index (χ1) is 4.72. The van der Waals surface area contributed by atoms with Gasteiger partial charge in [-0.25, -0.2) is 0 Å². The number of carbonyl (C=O) groups is 1. The first kappa shape index (κ1) is 6.87. The molecule has 0 bridgehead atoms. The molecule has 0 spiro atoms. The zero-order valence-corrected chi connectivity index (χ0v) is 5.24. The van der Waals surface area contributed by atoms with Crippen molar-refractivity contribution in [2.24, 2.45) is 0 Å². The van der Waals surface area contributed by atoms with Crippen LogP contribution in [0, 0.1) is 0 Å². The van der Waals surface area contributed by atoms with Gasteiger partial charge in [-0.1, -0.05) is 11.5 Å². The Morgan fingerprint density at radius 1 is 1.40 bits per heavy atom. The van der Waals surface area contributed by atoms with Gasteiger partial charge in [-0.2, -0.15) is 0 Å². The third-order valence-electron chi connectivity index (χ3n) is 1.10. The molecule has 0 fully saturated rings. The van der Waals surface area contributed by atoms with Crippen LogP contribution < -0.4 is 5.46 Å². The molecule has 3 heteroatoms. The highest BCUT2D eigenvalue weighted by atomic mass is 16.3. The maximum atomic E-state index is 10.1. The predicted molar refractivity (Wildman–Crippen MR) is 38.9 cm³/mol. The van der Waals surface area contributed by atoms with Gasteiger partial charge in [-0.15, -0.1) is 0 Å². The van der Waals surface area contributed by atoms with Crippen LogP contribution in [0.5, 0.6) is 5.75 Å². The van der Waals surface area contributed by atoms with Crippen LogP contribution in [-0.2, 0) is 0 Å². The van der Waals surface area contributed by atoms with Crippen LogP contribution in [0.4, 0.5) is 0 Å². The Labute approximate surface area is 59.9 Å². The number of phenolic OH excluding ortho intramolecular Hbond substituents is 1. The molecule has 0 atom stereocenters. The van der Waals surface area contributed by atoms with Crippen LogP contribution in [0.2, 0.25) is 0 Å². The lowest BCUT2D eigenvalue weighted by atomic mass is 9.94. The largest absolute Gasteiger partial charge is 0.508 e. The molecule has 0 heterocycles. The molecule has 1 N–H and O–H groups in total. The van der Waals surface area contributed by atoms with Gasteiger partial charge in [0, 0.05) is 5.56 Å². The van der Waals surface area contributed by atoms with Crippen molar-refractivity contribution in [1.29, 1.82) is 0 Å². The number of aromatic hydroxyl groups is 1. The summed E-state index contributed by atoms with van der Waals surface area (Å²) in [5.74, 6) is 0.0158. The van der Waals surface area contributed by atoms with E-state index in [1.807, 2.05) is 0 Å². The number of aldehydes is 1. The molecular formula is C7H5BO2. The summed E-state index contributed by atoms with van der Waals surface area (Å²) in [4.78, 5) is 10.1. The zero-order valence-electron chi connectivity index (χ0n) is 5.24. The summed E-state index contributed by atoms with van der Waals surface area (Å²) in [6.07, 6.45) is 0.635. The molecule has 1 rings (SSSR count). The lowest BCUT2D eigenvalue weighted by molar-refractivity contribution is 0.112. The summed E-state index contributed by atoms with van der Waals surface area (Å²) in [7, 11) is 5.32. The monoisotopic (exact) mass is 132 g/mol. The minimum absolute atomic E-state index is 0.0158. The van der Waals surface area contributed by atoms with E-state index in [4.69, 9.17) is 13.0 Å². The average Bonchev–Trinajstić information content (AvgIpc) is 1.85. The van der Waals surface area contributed by atoms with Gasteiger partial charge < -0.3 is 5.11 Å². The second-order valence-electron chi connectivity index (χ2n) is 1.98. The molecule has 2 radical (unpaired) electrons. The topological polar surface area (TPSA) is 37.3 Å². The van der Waals surface area contributed by atoms with Gasteiger partial charge >= 0.3 is 0 Å². The molecule has 0 saturated heterocycles. The zero-order chi connectivity index (χ0) is 7.56. The summed E-state index contributed by atoms with van der Waals surface area (Å²) in [6, 6.07) is 4.23. The van der Waals surface area contributed by atoms with Gasteiger partial charge in [0.25, 0.3) is 0 Å². The average molecular weight is 132 g/mol. The maximum Gasteiger partial charge on any atom is 0.150 e. The molecule has 0 amide bonds. The number of hydrogen-bond donors (Lipinski definition) is 1. The van der Waals surface area contributed by atoms with E-state index in [1.54, 1.807) is 0 Å². The van der Waals surface area contributed by atoms with Gasteiger partial charge in [0.2, 0.25) is 0 Å². The van der Waals surface area contributed by atoms with Crippen molar-refractivity contribution in [3.63, 3.8) is 0 Å². The van der Waals surface area contributed by atoms with Gasteiger partial charge in [0.15, 0.2) is 0 Å². The fraction of sp³-hybridized carbons (Fsp3) is 0. The van der Waals surface area contributed by atoms with Crippen LogP contribution in [-0.4, -0.2) is 19.2 Å². The van der Waals surface area contributed by atoms with Gasteiger partial charge in [-0.3, -0.25) is 4.79 Å². The van der Waals surface area contributed by atoms with Gasteiger partial charge in [0.1, 0.15) is 19.9 Å². The van der Waals surface area contributed by atoms with Crippen LogP contribution in [0.1, 0.15) is 10.4 Å². The molecule has 10 heavy (non-hydrogen) atoms. The molecule has 1 aromatic carbocycles. The van der Waals surface area contributed by atoms with E-state index < -0.39 is 0 Å². The van der Waals surface area contributed by atoms with E-state index in [-0.39, 0.29) is 5.75 Å². The van der Waals surface area contributed by atoms with E-state index in [0.717, 1.165) is 0 Å². The quantitative estimate of drug-likeness (QED) is 0.431. The summed E-state index contributed by atoms with van der Waals surface area (Å²) in [5, 5.41) is 8.89. The molecule has 48 valence electrons. The number of hydrogen-bond acceptors (Lipinski definition) is 2. The third-order valence-corrected chi connectivity index (χ3v) is 1.10. The van der Waals surface area contributed by atoms with E-state index in [1.165, 1.54) is 18.2 Å². The van der Waals surface area contributed by atoms with Crippen molar-refractivity contribution in [2.45, 2.75) is 0 Å². The van der Waals surface area contributed by atoms with Crippen LogP contribution in [0.15, 0.2) is 18.2 Å². The number of carbonyl (C=O) groups excluding carboxylic acids is 1. The predicted octanol–water partition coefficient (Wildman–Crippen LogP) is -0.00150. The Morgan fingerprint density at radius 2 is 2.10 bits per heavy atom. The molecule has 0 aromatic heterocycles. The van der Waals surface area contributed by atoms with Crippen molar-refractivity contribution >= 4 is 19.6 Å². The molecular weight excluding hydrogens is 127 g/mol. The summed E-state index contributed by atoms with van der Waals surface area (Å²) < 4.78 is 0. The van der Waals surface area contributed by atoms with E-state index in [2.05, 4.69) is 0 Å². The fourth-order valence-electron chi connectivity index (χ4n) is 0.727. The molecule has 0 aliphatic carbocycles. The molecule has 1 aromatic rings. The molecule has 0 aliphatic heterocycles. The Balaban J connectivity index is 3.18. The second-order valence-corrected chi connectivity index (χ2v) is 1.98. The molecule has 0 aliphatic rings. The van der Waals surface area contributed by atoms with E-state index >= 15 is 0 Å². The smallest absolute Gasteiger partial charge is 0.150 e. The highest BCUT2D eigenvalue weighted by molar-refractivity contribution is 6.32.